The molecule has 0 aromatic heterocycles. The van der Waals surface area contributed by atoms with E-state index in [-0.39, 0.29) is 32.0 Å². The average Bonchev–Trinajstić information content (AvgIpc) is 3.39. The number of carbonyl (C=O) groups is 2. The van der Waals surface area contributed by atoms with Crippen LogP contribution >= 0.6 is 7.82 Å². The maximum Gasteiger partial charge on any atom is 0.472 e. The first-order valence-electron chi connectivity index (χ1n) is 32.5. The van der Waals surface area contributed by atoms with Crippen molar-refractivity contribution in [3.05, 3.63) is 60.8 Å². The predicted octanol–water partition coefficient (Wildman–Crippen LogP) is 20.7. The second-order valence-electron chi connectivity index (χ2n) is 23.1. The van der Waals surface area contributed by atoms with E-state index in [4.69, 9.17) is 18.5 Å². The van der Waals surface area contributed by atoms with Crippen molar-refractivity contribution in [2.75, 3.05) is 47.5 Å². The van der Waals surface area contributed by atoms with Crippen molar-refractivity contribution < 1.29 is 42.1 Å². The fraction of sp³-hybridized carbons (Fsp3) is 0.821. The highest BCUT2D eigenvalue weighted by Gasteiger charge is 2.27. The van der Waals surface area contributed by atoms with Gasteiger partial charge >= 0.3 is 19.8 Å². The molecule has 0 aromatic rings. The maximum absolute atomic E-state index is 12.8. The van der Waals surface area contributed by atoms with Crippen LogP contribution in [0.2, 0.25) is 0 Å². The zero-order chi connectivity index (χ0) is 56.3. The lowest BCUT2D eigenvalue weighted by Gasteiger charge is -2.24. The number of allylic oxidation sites excluding steroid dienone is 10. The number of esters is 2. The van der Waals surface area contributed by atoms with Gasteiger partial charge in [-0.15, -0.1) is 0 Å². The molecule has 0 aliphatic rings. The Labute approximate surface area is 476 Å². The van der Waals surface area contributed by atoms with Crippen molar-refractivity contribution in [2.45, 2.75) is 309 Å². The smallest absolute Gasteiger partial charge is 0.462 e. The van der Waals surface area contributed by atoms with Gasteiger partial charge in [0.05, 0.1) is 27.7 Å². The number of hydrogen-bond acceptors (Lipinski definition) is 7. The zero-order valence-electron chi connectivity index (χ0n) is 51.2. The number of phosphoric acid groups is 1. The van der Waals surface area contributed by atoms with Crippen LogP contribution in [-0.4, -0.2) is 74.9 Å². The van der Waals surface area contributed by atoms with E-state index in [1.165, 1.54) is 193 Å². The van der Waals surface area contributed by atoms with Crippen LogP contribution < -0.4 is 0 Å². The van der Waals surface area contributed by atoms with Gasteiger partial charge in [-0.3, -0.25) is 18.6 Å². The quantitative estimate of drug-likeness (QED) is 0.0211. The third-order valence-electron chi connectivity index (χ3n) is 14.3. The molecule has 2 atom stereocenters. The summed E-state index contributed by atoms with van der Waals surface area (Å²) in [5.41, 5.74) is 0. The van der Waals surface area contributed by atoms with E-state index in [1.807, 2.05) is 21.1 Å². The zero-order valence-corrected chi connectivity index (χ0v) is 52.1. The molecule has 0 aliphatic carbocycles. The van der Waals surface area contributed by atoms with Gasteiger partial charge in [0, 0.05) is 12.8 Å². The van der Waals surface area contributed by atoms with Gasteiger partial charge in [0.25, 0.3) is 0 Å². The average molecular weight is 1100 g/mol. The summed E-state index contributed by atoms with van der Waals surface area (Å²) in [6.07, 6.45) is 76.0. The van der Waals surface area contributed by atoms with Crippen LogP contribution in [-0.2, 0) is 32.7 Å². The van der Waals surface area contributed by atoms with Gasteiger partial charge in [0.15, 0.2) is 6.10 Å². The third-order valence-corrected chi connectivity index (χ3v) is 15.3. The van der Waals surface area contributed by atoms with Gasteiger partial charge in [-0.25, -0.2) is 4.57 Å². The first-order valence-corrected chi connectivity index (χ1v) is 34.0. The van der Waals surface area contributed by atoms with Gasteiger partial charge in [0.1, 0.15) is 19.8 Å². The Bertz CT molecular complexity index is 1480. The van der Waals surface area contributed by atoms with Crippen LogP contribution in [0.1, 0.15) is 303 Å². The molecule has 1 N–H and O–H groups in total. The number of hydrogen-bond donors (Lipinski definition) is 1. The molecule has 450 valence electrons. The molecule has 77 heavy (non-hydrogen) atoms. The largest absolute Gasteiger partial charge is 0.472 e. The molecule has 0 bridgehead atoms. The van der Waals surface area contributed by atoms with Crippen molar-refractivity contribution in [2.24, 2.45) is 0 Å². The molecule has 0 aromatic carbocycles. The lowest BCUT2D eigenvalue weighted by atomic mass is 10.0. The van der Waals surface area contributed by atoms with Crippen molar-refractivity contribution in [3.63, 3.8) is 0 Å². The Morgan fingerprint density at radius 2 is 0.740 bits per heavy atom. The van der Waals surface area contributed by atoms with Crippen LogP contribution in [0.15, 0.2) is 60.8 Å². The number of nitrogens with zero attached hydrogens (tertiary/aromatic N) is 1. The Kier molecular flexibility index (Phi) is 56.6. The number of rotatable bonds is 60. The normalized spacial score (nSPS) is 13.6. The summed E-state index contributed by atoms with van der Waals surface area (Å²) in [4.78, 5) is 35.8. The molecule has 9 nitrogen and oxygen atoms in total. The second kappa shape index (κ2) is 58.4. The molecule has 0 radical (unpaired) electrons. The Balaban J connectivity index is 4.06. The first kappa shape index (κ1) is 74.7. The molecule has 0 aliphatic heterocycles. The van der Waals surface area contributed by atoms with E-state index in [0.717, 1.165) is 77.0 Å². The second-order valence-corrected chi connectivity index (χ2v) is 24.6. The maximum atomic E-state index is 12.8. The summed E-state index contributed by atoms with van der Waals surface area (Å²) in [6, 6.07) is 0. The molecule has 0 rings (SSSR count). The number of likely N-dealkylation sites (N-methyl/N-ethyl adjacent to an activating group) is 1. The molecule has 0 amide bonds. The van der Waals surface area contributed by atoms with Crippen LogP contribution in [0.25, 0.3) is 0 Å². The lowest BCUT2D eigenvalue weighted by molar-refractivity contribution is -0.870. The molecular formula is C67H125NO8P+. The van der Waals surface area contributed by atoms with E-state index < -0.39 is 26.5 Å². The summed E-state index contributed by atoms with van der Waals surface area (Å²) in [5, 5.41) is 0. The fourth-order valence-corrected chi connectivity index (χ4v) is 10.1. The highest BCUT2D eigenvalue weighted by atomic mass is 31.2. The van der Waals surface area contributed by atoms with Crippen LogP contribution in [0.5, 0.6) is 0 Å². The Morgan fingerprint density at radius 3 is 1.10 bits per heavy atom. The van der Waals surface area contributed by atoms with Crippen molar-refractivity contribution >= 4 is 19.8 Å². The van der Waals surface area contributed by atoms with Crippen LogP contribution in [0.3, 0.4) is 0 Å². The minimum absolute atomic E-state index is 0.0285. The number of carbonyl (C=O) groups excluding carboxylic acids is 2. The van der Waals surface area contributed by atoms with Crippen molar-refractivity contribution in [3.8, 4) is 0 Å². The lowest BCUT2D eigenvalue weighted by Crippen LogP contribution is -2.37. The number of phosphoric ester groups is 1. The summed E-state index contributed by atoms with van der Waals surface area (Å²) >= 11 is 0. The fourth-order valence-electron chi connectivity index (χ4n) is 9.34. The van der Waals surface area contributed by atoms with Crippen molar-refractivity contribution in [1.29, 1.82) is 0 Å². The molecule has 0 heterocycles. The third kappa shape index (κ3) is 62.8. The first-order chi connectivity index (χ1) is 37.5. The molecule has 0 spiro atoms. The minimum atomic E-state index is -4.39. The van der Waals surface area contributed by atoms with Crippen LogP contribution in [0.4, 0.5) is 0 Å². The van der Waals surface area contributed by atoms with E-state index in [0.29, 0.717) is 17.4 Å². The van der Waals surface area contributed by atoms with Gasteiger partial charge in [0.2, 0.25) is 0 Å². The number of quaternary nitrogens is 1. The van der Waals surface area contributed by atoms with Gasteiger partial charge in [-0.2, -0.15) is 0 Å². The van der Waals surface area contributed by atoms with Gasteiger partial charge < -0.3 is 18.9 Å². The minimum Gasteiger partial charge on any atom is -0.462 e. The molecule has 2 unspecified atom stereocenters. The van der Waals surface area contributed by atoms with Gasteiger partial charge in [-0.1, -0.05) is 293 Å². The summed E-state index contributed by atoms with van der Waals surface area (Å²) in [7, 11) is 1.47. The number of unbranched alkanes of at least 4 members (excludes halogenated alkanes) is 36. The number of ether oxygens (including phenoxy) is 2. The molecule has 0 saturated heterocycles. The molecule has 0 saturated carbocycles. The van der Waals surface area contributed by atoms with E-state index >= 15 is 0 Å². The van der Waals surface area contributed by atoms with E-state index in [1.54, 1.807) is 0 Å². The Hall–Kier alpha value is -2.29. The standard InChI is InChI=1S/C67H124NO8P/c1-6-8-10-12-14-16-18-20-22-24-26-28-30-31-32-33-34-35-36-38-39-41-43-45-47-49-51-53-55-57-59-66(69)73-63-65(64-75-77(71,72)74-62-61-68(3,4)5)76-67(70)60-58-56-54-52-50-48-46-44-42-40-37-29-27-25-23-21-19-17-15-13-11-9-7-2/h9,11,15,17,21,23,27,29,40,42,65H,6-8,10,12-14,16,18-20,22,24-26,28,30-39,41,43-64H2,1-5H3/p+1/b11-9-,17-15-,23-21-,29-27-,42-40-. The summed E-state index contributed by atoms with van der Waals surface area (Å²) in [5.74, 6) is -0.799. The summed E-state index contributed by atoms with van der Waals surface area (Å²) < 4.78 is 34.6. The highest BCUT2D eigenvalue weighted by molar-refractivity contribution is 7.47. The molecule has 10 heteroatoms. The topological polar surface area (TPSA) is 108 Å². The highest BCUT2D eigenvalue weighted by Crippen LogP contribution is 2.43. The molecule has 0 fully saturated rings. The van der Waals surface area contributed by atoms with E-state index in [9.17, 15) is 19.0 Å². The van der Waals surface area contributed by atoms with Crippen LogP contribution in [0, 0.1) is 0 Å². The Morgan fingerprint density at radius 1 is 0.416 bits per heavy atom. The molecular weight excluding hydrogens is 978 g/mol. The van der Waals surface area contributed by atoms with Crippen molar-refractivity contribution in [1.82, 2.24) is 0 Å². The predicted molar refractivity (Wildman–Crippen MR) is 330 cm³/mol. The van der Waals surface area contributed by atoms with E-state index in [2.05, 4.69) is 74.6 Å². The summed E-state index contributed by atoms with van der Waals surface area (Å²) in [6.45, 7) is 4.35. The monoisotopic (exact) mass is 1100 g/mol. The van der Waals surface area contributed by atoms with Gasteiger partial charge in [-0.05, 0) is 57.8 Å². The SMILES string of the molecule is CC/C=C\C/C=C\C/C=C\C/C=C\C/C=C\CCCCCCCCCC(=O)OC(COC(=O)CCCCCCCCCCCCCCCCCCCCCCCCCCCCCCCC)COP(=O)(O)OCC[N+](C)(C)C.